The van der Waals surface area contributed by atoms with Crippen molar-refractivity contribution in [2.24, 2.45) is 0 Å². The summed E-state index contributed by atoms with van der Waals surface area (Å²) in [4.78, 5) is 12.3. The monoisotopic (exact) mass is 312 g/mol. The third-order valence-corrected chi connectivity index (χ3v) is 4.49. The number of carbonyl (C=O) groups excluding carboxylic acids is 1. The second-order valence-corrected chi connectivity index (χ2v) is 6.13. The lowest BCUT2D eigenvalue weighted by Crippen LogP contribution is -2.38. The SMILES string of the molecule is Cc1ccccc1C(C)NC(=O)NC1CCc2ccc(F)cc21. The molecule has 3 rings (SSSR count). The minimum atomic E-state index is -0.258. The Morgan fingerprint density at radius 3 is 2.83 bits per heavy atom. The van der Waals surface area contributed by atoms with E-state index in [2.05, 4.69) is 10.6 Å². The van der Waals surface area contributed by atoms with Crippen molar-refractivity contribution in [2.75, 3.05) is 0 Å². The van der Waals surface area contributed by atoms with Gasteiger partial charge in [-0.1, -0.05) is 30.3 Å². The lowest BCUT2D eigenvalue weighted by molar-refractivity contribution is 0.234. The van der Waals surface area contributed by atoms with Crippen molar-refractivity contribution in [2.45, 2.75) is 38.8 Å². The van der Waals surface area contributed by atoms with Crippen LogP contribution in [0.15, 0.2) is 42.5 Å². The quantitative estimate of drug-likeness (QED) is 0.877. The molecule has 0 aliphatic heterocycles. The third-order valence-electron chi connectivity index (χ3n) is 4.49. The second kappa shape index (κ2) is 6.41. The fraction of sp³-hybridized carbons (Fsp3) is 0.316. The maximum absolute atomic E-state index is 13.4. The molecule has 1 aliphatic rings. The molecule has 0 spiro atoms. The molecule has 2 aromatic rings. The predicted molar refractivity (Wildman–Crippen MR) is 88.7 cm³/mol. The smallest absolute Gasteiger partial charge is 0.315 e. The molecule has 23 heavy (non-hydrogen) atoms. The van der Waals surface area contributed by atoms with Crippen LogP contribution in [0.1, 0.15) is 47.7 Å². The summed E-state index contributed by atoms with van der Waals surface area (Å²) in [7, 11) is 0. The summed E-state index contributed by atoms with van der Waals surface area (Å²) in [6.07, 6.45) is 1.68. The van der Waals surface area contributed by atoms with Gasteiger partial charge in [0.25, 0.3) is 0 Å². The topological polar surface area (TPSA) is 41.1 Å². The van der Waals surface area contributed by atoms with Crippen molar-refractivity contribution in [1.82, 2.24) is 10.6 Å². The molecule has 2 N–H and O–H groups in total. The van der Waals surface area contributed by atoms with Gasteiger partial charge in [-0.15, -0.1) is 0 Å². The summed E-state index contributed by atoms with van der Waals surface area (Å²) in [5.41, 5.74) is 4.25. The molecule has 120 valence electrons. The van der Waals surface area contributed by atoms with Gasteiger partial charge in [0, 0.05) is 0 Å². The minimum absolute atomic E-state index is 0.0791. The van der Waals surface area contributed by atoms with E-state index in [0.29, 0.717) is 0 Å². The van der Waals surface area contributed by atoms with Crippen molar-refractivity contribution in [3.8, 4) is 0 Å². The van der Waals surface area contributed by atoms with E-state index in [0.717, 1.165) is 35.1 Å². The van der Waals surface area contributed by atoms with E-state index in [1.165, 1.54) is 12.1 Å². The molecular weight excluding hydrogens is 291 g/mol. The summed E-state index contributed by atoms with van der Waals surface area (Å²) >= 11 is 0. The minimum Gasteiger partial charge on any atom is -0.332 e. The van der Waals surface area contributed by atoms with E-state index in [-0.39, 0.29) is 23.9 Å². The summed E-state index contributed by atoms with van der Waals surface area (Å²) in [5.74, 6) is -0.258. The average Bonchev–Trinajstić information content (AvgIpc) is 2.89. The highest BCUT2D eigenvalue weighted by molar-refractivity contribution is 5.75. The Hall–Kier alpha value is -2.36. The fourth-order valence-electron chi connectivity index (χ4n) is 3.27. The number of rotatable bonds is 3. The number of benzene rings is 2. The Balaban J connectivity index is 1.65. The van der Waals surface area contributed by atoms with E-state index in [1.807, 2.05) is 38.1 Å². The molecule has 2 aromatic carbocycles. The van der Waals surface area contributed by atoms with Gasteiger partial charge in [-0.3, -0.25) is 0 Å². The molecule has 0 saturated carbocycles. The van der Waals surface area contributed by atoms with Crippen LogP contribution in [0.5, 0.6) is 0 Å². The van der Waals surface area contributed by atoms with Gasteiger partial charge in [0.05, 0.1) is 12.1 Å². The molecule has 0 fully saturated rings. The first kappa shape index (κ1) is 15.5. The van der Waals surface area contributed by atoms with E-state index < -0.39 is 0 Å². The number of amides is 2. The third kappa shape index (κ3) is 3.36. The normalized spacial score (nSPS) is 17.4. The number of nitrogens with one attached hydrogen (secondary N) is 2. The van der Waals surface area contributed by atoms with Gasteiger partial charge in [0.1, 0.15) is 5.82 Å². The van der Waals surface area contributed by atoms with Crippen LogP contribution >= 0.6 is 0 Å². The summed E-state index contributed by atoms with van der Waals surface area (Å²) in [6, 6.07) is 12.4. The standard InChI is InChI=1S/C19H21FN2O/c1-12-5-3-4-6-16(12)13(2)21-19(23)22-18-10-8-14-7-9-15(20)11-17(14)18/h3-7,9,11,13,18H,8,10H2,1-2H3,(H2,21,22,23). The zero-order chi connectivity index (χ0) is 16.4. The molecule has 3 nitrogen and oxygen atoms in total. The zero-order valence-corrected chi connectivity index (χ0v) is 13.4. The average molecular weight is 312 g/mol. The molecule has 2 atom stereocenters. The highest BCUT2D eigenvalue weighted by Crippen LogP contribution is 2.31. The van der Waals surface area contributed by atoms with Crippen molar-refractivity contribution in [1.29, 1.82) is 0 Å². The van der Waals surface area contributed by atoms with Gasteiger partial charge >= 0.3 is 6.03 Å². The Kier molecular flexibility index (Phi) is 4.33. The van der Waals surface area contributed by atoms with E-state index in [1.54, 1.807) is 6.07 Å². The van der Waals surface area contributed by atoms with Crippen LogP contribution < -0.4 is 10.6 Å². The first-order chi connectivity index (χ1) is 11.0. The molecular formula is C19H21FN2O. The molecule has 2 amide bonds. The fourth-order valence-corrected chi connectivity index (χ4v) is 3.27. The molecule has 2 unspecified atom stereocenters. The molecule has 4 heteroatoms. The molecule has 0 bridgehead atoms. The molecule has 1 aliphatic carbocycles. The van der Waals surface area contributed by atoms with Crippen molar-refractivity contribution >= 4 is 6.03 Å². The zero-order valence-electron chi connectivity index (χ0n) is 13.4. The Bertz CT molecular complexity index is 729. The second-order valence-electron chi connectivity index (χ2n) is 6.13. The first-order valence-electron chi connectivity index (χ1n) is 7.95. The largest absolute Gasteiger partial charge is 0.332 e. The predicted octanol–water partition coefficient (Wildman–Crippen LogP) is 4.18. The maximum Gasteiger partial charge on any atom is 0.315 e. The number of urea groups is 1. The molecule has 0 radical (unpaired) electrons. The van der Waals surface area contributed by atoms with Gasteiger partial charge in [0.2, 0.25) is 0 Å². The Labute approximate surface area is 135 Å². The number of fused-ring (bicyclic) bond motifs is 1. The summed E-state index contributed by atoms with van der Waals surface area (Å²) in [6.45, 7) is 3.99. The van der Waals surface area contributed by atoms with Crippen molar-refractivity contribution < 1.29 is 9.18 Å². The highest BCUT2D eigenvalue weighted by atomic mass is 19.1. The number of hydrogen-bond donors (Lipinski definition) is 2. The van der Waals surface area contributed by atoms with E-state index >= 15 is 0 Å². The van der Waals surface area contributed by atoms with Crippen LogP contribution in [0.25, 0.3) is 0 Å². The van der Waals surface area contributed by atoms with Crippen LogP contribution in [0.2, 0.25) is 0 Å². The lowest BCUT2D eigenvalue weighted by atomic mass is 10.0. The van der Waals surface area contributed by atoms with Gasteiger partial charge in [0.15, 0.2) is 0 Å². The summed E-state index contributed by atoms with van der Waals surface area (Å²) < 4.78 is 13.4. The van der Waals surface area contributed by atoms with Gasteiger partial charge in [-0.2, -0.15) is 0 Å². The van der Waals surface area contributed by atoms with Gasteiger partial charge in [-0.05, 0) is 61.1 Å². The maximum atomic E-state index is 13.4. The lowest BCUT2D eigenvalue weighted by Gasteiger charge is -2.20. The van der Waals surface area contributed by atoms with E-state index in [4.69, 9.17) is 0 Å². The van der Waals surface area contributed by atoms with Crippen LogP contribution in [-0.4, -0.2) is 6.03 Å². The van der Waals surface area contributed by atoms with Gasteiger partial charge < -0.3 is 10.6 Å². The van der Waals surface area contributed by atoms with Crippen LogP contribution in [0.3, 0.4) is 0 Å². The summed E-state index contributed by atoms with van der Waals surface area (Å²) in [5, 5.41) is 5.93. The molecule has 0 aromatic heterocycles. The number of hydrogen-bond acceptors (Lipinski definition) is 1. The number of halogens is 1. The molecule has 0 saturated heterocycles. The number of carbonyl (C=O) groups is 1. The van der Waals surface area contributed by atoms with Crippen molar-refractivity contribution in [3.05, 3.63) is 70.5 Å². The molecule has 0 heterocycles. The Morgan fingerprint density at radius 1 is 1.26 bits per heavy atom. The first-order valence-corrected chi connectivity index (χ1v) is 7.95. The van der Waals surface area contributed by atoms with Crippen LogP contribution in [-0.2, 0) is 6.42 Å². The van der Waals surface area contributed by atoms with Crippen LogP contribution in [0, 0.1) is 12.7 Å². The Morgan fingerprint density at radius 2 is 2.04 bits per heavy atom. The van der Waals surface area contributed by atoms with Crippen molar-refractivity contribution in [3.63, 3.8) is 0 Å². The van der Waals surface area contributed by atoms with Gasteiger partial charge in [-0.25, -0.2) is 9.18 Å². The van der Waals surface area contributed by atoms with Crippen LogP contribution in [0.4, 0.5) is 9.18 Å². The van der Waals surface area contributed by atoms with E-state index in [9.17, 15) is 9.18 Å². The highest BCUT2D eigenvalue weighted by Gasteiger charge is 2.25. The number of aryl methyl sites for hydroxylation is 2.